The number of nitrogens with zero attached hydrogens (tertiary/aromatic N) is 2. The number of amides is 3. The largest absolute Gasteiger partial charge is 0.383 e. The molecule has 3 amide bonds. The number of benzene rings is 1. The highest BCUT2D eigenvalue weighted by atomic mass is 16.5. The second kappa shape index (κ2) is 7.08. The van der Waals surface area contributed by atoms with Gasteiger partial charge in [0.25, 0.3) is 0 Å². The van der Waals surface area contributed by atoms with Crippen LogP contribution < -0.4 is 10.2 Å². The molecule has 1 aliphatic rings. The highest BCUT2D eigenvalue weighted by molar-refractivity contribution is 5.96. The van der Waals surface area contributed by atoms with E-state index in [0.29, 0.717) is 19.7 Å². The third kappa shape index (κ3) is 3.95. The predicted octanol–water partition coefficient (Wildman–Crippen LogP) is 1.08. The smallest absolute Gasteiger partial charge is 0.325 e. The number of para-hydroxylation sites is 1. The summed E-state index contributed by atoms with van der Waals surface area (Å²) in [5.41, 5.74) is 0.859. The van der Waals surface area contributed by atoms with Gasteiger partial charge in [0.1, 0.15) is 6.54 Å². The molecule has 0 aliphatic carbocycles. The molecular formula is C15H21N3O3. The summed E-state index contributed by atoms with van der Waals surface area (Å²) in [6.07, 6.45) is 0. The van der Waals surface area contributed by atoms with E-state index in [1.54, 1.807) is 16.9 Å². The molecule has 0 bridgehead atoms. The van der Waals surface area contributed by atoms with Gasteiger partial charge in [-0.2, -0.15) is 0 Å². The van der Waals surface area contributed by atoms with Gasteiger partial charge < -0.3 is 15.0 Å². The molecule has 6 heteroatoms. The van der Waals surface area contributed by atoms with Crippen LogP contribution in [0.5, 0.6) is 0 Å². The summed E-state index contributed by atoms with van der Waals surface area (Å²) < 4.78 is 4.97. The predicted molar refractivity (Wildman–Crippen MR) is 80.2 cm³/mol. The first-order valence-electron chi connectivity index (χ1n) is 7.01. The minimum Gasteiger partial charge on any atom is -0.383 e. The van der Waals surface area contributed by atoms with Crippen molar-refractivity contribution in [2.75, 3.05) is 38.3 Å². The zero-order valence-electron chi connectivity index (χ0n) is 12.4. The number of rotatable bonds is 6. The summed E-state index contributed by atoms with van der Waals surface area (Å²) in [5, 5.41) is 2.81. The van der Waals surface area contributed by atoms with Crippen molar-refractivity contribution in [3.63, 3.8) is 0 Å². The van der Waals surface area contributed by atoms with Gasteiger partial charge >= 0.3 is 6.03 Å². The van der Waals surface area contributed by atoms with E-state index in [4.69, 9.17) is 4.74 Å². The molecule has 21 heavy (non-hydrogen) atoms. The molecule has 1 saturated heterocycles. The number of methoxy groups -OCH3 is 1. The average molecular weight is 291 g/mol. The molecule has 1 fully saturated rings. The third-order valence-corrected chi connectivity index (χ3v) is 3.32. The molecule has 0 aromatic heterocycles. The van der Waals surface area contributed by atoms with Gasteiger partial charge in [-0.05, 0) is 19.1 Å². The van der Waals surface area contributed by atoms with Crippen LogP contribution in [0.4, 0.5) is 10.5 Å². The van der Waals surface area contributed by atoms with E-state index in [9.17, 15) is 9.59 Å². The van der Waals surface area contributed by atoms with E-state index in [2.05, 4.69) is 5.32 Å². The van der Waals surface area contributed by atoms with Crippen molar-refractivity contribution in [2.45, 2.75) is 13.0 Å². The first kappa shape index (κ1) is 15.3. The Balaban J connectivity index is 1.89. The summed E-state index contributed by atoms with van der Waals surface area (Å²) in [6.45, 7) is 3.55. The van der Waals surface area contributed by atoms with Gasteiger partial charge in [0, 0.05) is 31.9 Å². The molecule has 1 heterocycles. The third-order valence-electron chi connectivity index (χ3n) is 3.32. The molecular weight excluding hydrogens is 270 g/mol. The minimum absolute atomic E-state index is 0.0644. The monoisotopic (exact) mass is 291 g/mol. The first-order chi connectivity index (χ1) is 10.1. The normalized spacial score (nSPS) is 16.2. The summed E-state index contributed by atoms with van der Waals surface area (Å²) >= 11 is 0. The Labute approximate surface area is 124 Å². The molecule has 0 saturated carbocycles. The Morgan fingerprint density at radius 3 is 2.71 bits per heavy atom. The number of carbonyl (C=O) groups is 2. The molecule has 1 aromatic carbocycles. The van der Waals surface area contributed by atoms with E-state index in [-0.39, 0.29) is 24.5 Å². The number of hydrogen-bond acceptors (Lipinski definition) is 3. The van der Waals surface area contributed by atoms with Gasteiger partial charge in [-0.25, -0.2) is 4.79 Å². The highest BCUT2D eigenvalue weighted by Gasteiger charge is 2.30. The average Bonchev–Trinajstić information content (AvgIpc) is 2.81. The Bertz CT molecular complexity index is 492. The maximum absolute atomic E-state index is 12.3. The van der Waals surface area contributed by atoms with Crippen molar-refractivity contribution in [1.29, 1.82) is 0 Å². The van der Waals surface area contributed by atoms with Crippen molar-refractivity contribution in [3.8, 4) is 0 Å². The molecule has 1 atom stereocenters. The van der Waals surface area contributed by atoms with Gasteiger partial charge in [-0.15, -0.1) is 0 Å². The lowest BCUT2D eigenvalue weighted by molar-refractivity contribution is -0.122. The molecule has 1 aromatic rings. The van der Waals surface area contributed by atoms with Gasteiger partial charge in [0.05, 0.1) is 6.61 Å². The van der Waals surface area contributed by atoms with Gasteiger partial charge in [0.2, 0.25) is 5.91 Å². The quantitative estimate of drug-likeness (QED) is 0.853. The maximum Gasteiger partial charge on any atom is 0.325 e. The summed E-state index contributed by atoms with van der Waals surface area (Å²) in [4.78, 5) is 27.4. The van der Waals surface area contributed by atoms with E-state index in [0.717, 1.165) is 5.69 Å². The summed E-state index contributed by atoms with van der Waals surface area (Å²) in [5.74, 6) is -0.164. The van der Waals surface area contributed by atoms with Crippen LogP contribution in [-0.2, 0) is 9.53 Å². The van der Waals surface area contributed by atoms with Crippen LogP contribution in [0.15, 0.2) is 30.3 Å². The lowest BCUT2D eigenvalue weighted by Crippen LogP contribution is -2.44. The first-order valence-corrected chi connectivity index (χ1v) is 7.01. The van der Waals surface area contributed by atoms with Crippen molar-refractivity contribution in [3.05, 3.63) is 30.3 Å². The van der Waals surface area contributed by atoms with Crippen LogP contribution in [-0.4, -0.2) is 56.2 Å². The fourth-order valence-corrected chi connectivity index (χ4v) is 2.36. The zero-order chi connectivity index (χ0) is 15.2. The molecule has 1 unspecified atom stereocenters. The van der Waals surface area contributed by atoms with Crippen LogP contribution in [0.1, 0.15) is 6.92 Å². The second-order valence-electron chi connectivity index (χ2n) is 5.12. The topological polar surface area (TPSA) is 61.9 Å². The molecule has 0 radical (unpaired) electrons. The molecule has 2 rings (SSSR count). The summed E-state index contributed by atoms with van der Waals surface area (Å²) in [7, 11) is 1.59. The fourth-order valence-electron chi connectivity index (χ4n) is 2.36. The second-order valence-corrected chi connectivity index (χ2v) is 5.12. The fraction of sp³-hybridized carbons (Fsp3) is 0.467. The Morgan fingerprint density at radius 1 is 1.33 bits per heavy atom. The lowest BCUT2D eigenvalue weighted by atomic mass is 10.3. The van der Waals surface area contributed by atoms with Crippen LogP contribution >= 0.6 is 0 Å². The van der Waals surface area contributed by atoms with Crippen LogP contribution in [0.2, 0.25) is 0 Å². The molecule has 0 spiro atoms. The number of hydrogen-bond donors (Lipinski definition) is 1. The highest BCUT2D eigenvalue weighted by Crippen LogP contribution is 2.19. The Hall–Kier alpha value is -2.08. The molecule has 6 nitrogen and oxygen atoms in total. The standard InChI is InChI=1S/C15H21N3O3/c1-12(11-21-2)16-14(19)10-17-8-9-18(15(17)20)13-6-4-3-5-7-13/h3-7,12H,8-11H2,1-2H3,(H,16,19). The van der Waals surface area contributed by atoms with Gasteiger partial charge in [-0.3, -0.25) is 9.69 Å². The Kier molecular flexibility index (Phi) is 5.16. The zero-order valence-corrected chi connectivity index (χ0v) is 12.4. The lowest BCUT2D eigenvalue weighted by Gasteiger charge is -2.19. The van der Waals surface area contributed by atoms with Crippen LogP contribution in [0, 0.1) is 0 Å². The van der Waals surface area contributed by atoms with Crippen molar-refractivity contribution < 1.29 is 14.3 Å². The van der Waals surface area contributed by atoms with Gasteiger partial charge in [-0.1, -0.05) is 18.2 Å². The van der Waals surface area contributed by atoms with Crippen molar-refractivity contribution in [1.82, 2.24) is 10.2 Å². The number of anilines is 1. The van der Waals surface area contributed by atoms with Crippen LogP contribution in [0.25, 0.3) is 0 Å². The minimum atomic E-state index is -0.164. The number of urea groups is 1. The van der Waals surface area contributed by atoms with Gasteiger partial charge in [0.15, 0.2) is 0 Å². The van der Waals surface area contributed by atoms with E-state index < -0.39 is 0 Å². The van der Waals surface area contributed by atoms with E-state index in [1.807, 2.05) is 37.3 Å². The number of ether oxygens (including phenoxy) is 1. The Morgan fingerprint density at radius 2 is 2.05 bits per heavy atom. The SMILES string of the molecule is COCC(C)NC(=O)CN1CCN(c2ccccc2)C1=O. The van der Waals surface area contributed by atoms with E-state index >= 15 is 0 Å². The van der Waals surface area contributed by atoms with Crippen molar-refractivity contribution in [2.24, 2.45) is 0 Å². The maximum atomic E-state index is 12.3. The molecule has 114 valence electrons. The van der Waals surface area contributed by atoms with E-state index in [1.165, 1.54) is 0 Å². The summed E-state index contributed by atoms with van der Waals surface area (Å²) in [6, 6.07) is 9.28. The molecule has 1 N–H and O–H groups in total. The number of nitrogens with one attached hydrogen (secondary N) is 1. The van der Waals surface area contributed by atoms with Crippen LogP contribution in [0.3, 0.4) is 0 Å². The molecule has 1 aliphatic heterocycles. The number of carbonyl (C=O) groups excluding carboxylic acids is 2. The van der Waals surface area contributed by atoms with Crippen molar-refractivity contribution >= 4 is 17.6 Å².